The van der Waals surface area contributed by atoms with E-state index >= 15 is 0 Å². The van der Waals surface area contributed by atoms with Crippen LogP contribution in [-0.2, 0) is 6.42 Å². The van der Waals surface area contributed by atoms with E-state index in [4.69, 9.17) is 4.99 Å². The van der Waals surface area contributed by atoms with E-state index in [0.29, 0.717) is 19.6 Å². The zero-order chi connectivity index (χ0) is 19.9. The molecular weight excluding hydrogens is 502 g/mol. The molecule has 0 spiro atoms. The van der Waals surface area contributed by atoms with Gasteiger partial charge >= 0.3 is 6.18 Å². The van der Waals surface area contributed by atoms with Crippen LogP contribution in [0, 0.1) is 12.8 Å². The third-order valence-electron chi connectivity index (χ3n) is 4.54. The smallest absolute Gasteiger partial charge is 0.357 e. The number of likely N-dealkylation sites (tertiary alicyclic amines) is 1. The van der Waals surface area contributed by atoms with E-state index in [1.54, 1.807) is 18.3 Å². The first-order valence-corrected chi connectivity index (χ1v) is 10.4. The summed E-state index contributed by atoms with van der Waals surface area (Å²) < 4.78 is 38.0. The Morgan fingerprint density at radius 3 is 2.75 bits per heavy atom. The maximum absolute atomic E-state index is 12.7. The van der Waals surface area contributed by atoms with E-state index in [1.807, 2.05) is 20.0 Å². The van der Waals surface area contributed by atoms with Gasteiger partial charge in [-0.3, -0.25) is 9.89 Å². The van der Waals surface area contributed by atoms with Crippen LogP contribution in [0.1, 0.15) is 30.2 Å². The van der Waals surface area contributed by atoms with Crippen LogP contribution in [-0.4, -0.2) is 72.7 Å². The monoisotopic (exact) mass is 533 g/mol. The number of nitrogens with one attached hydrogen (secondary N) is 1. The van der Waals surface area contributed by atoms with Crippen LogP contribution in [0.2, 0.25) is 0 Å². The molecule has 0 aromatic carbocycles. The molecule has 0 amide bonds. The average molecular weight is 533 g/mol. The first-order valence-electron chi connectivity index (χ1n) is 9.54. The van der Waals surface area contributed by atoms with Gasteiger partial charge in [0.25, 0.3) is 0 Å². The van der Waals surface area contributed by atoms with Crippen molar-refractivity contribution in [1.82, 2.24) is 20.1 Å². The van der Waals surface area contributed by atoms with E-state index in [9.17, 15) is 13.2 Å². The Morgan fingerprint density at radius 1 is 1.43 bits per heavy atom. The molecule has 0 aliphatic carbocycles. The van der Waals surface area contributed by atoms with Gasteiger partial charge in [0.1, 0.15) is 0 Å². The number of aliphatic imine (C=N–C) groups is 1. The Kier molecular flexibility index (Phi) is 11.0. The predicted molar refractivity (Wildman–Crippen MR) is 120 cm³/mol. The number of rotatable bonds is 8. The van der Waals surface area contributed by atoms with Crippen LogP contribution in [0.3, 0.4) is 0 Å². The minimum atomic E-state index is -4.14. The molecule has 0 radical (unpaired) electrons. The lowest BCUT2D eigenvalue weighted by Gasteiger charge is -2.26. The second-order valence-electron chi connectivity index (χ2n) is 6.89. The SMILES string of the molecule is CCNC(=NCCc1ncc(C)s1)N1CCC(CN(CC)CC(F)(F)F)C1.I. The van der Waals surface area contributed by atoms with Crippen molar-refractivity contribution in [3.63, 3.8) is 0 Å². The number of hydrogen-bond donors (Lipinski definition) is 1. The highest BCUT2D eigenvalue weighted by Gasteiger charge is 2.32. The van der Waals surface area contributed by atoms with Gasteiger partial charge < -0.3 is 10.2 Å². The number of aromatic nitrogens is 1. The van der Waals surface area contributed by atoms with E-state index < -0.39 is 12.7 Å². The van der Waals surface area contributed by atoms with Crippen LogP contribution < -0.4 is 5.32 Å². The first-order chi connectivity index (χ1) is 12.8. The number of hydrogen-bond acceptors (Lipinski definition) is 4. The number of guanidine groups is 1. The second kappa shape index (κ2) is 12.2. The summed E-state index contributed by atoms with van der Waals surface area (Å²) in [6.07, 6.45) is -0.566. The van der Waals surface area contributed by atoms with Gasteiger partial charge in [-0.1, -0.05) is 6.92 Å². The molecule has 10 heteroatoms. The molecule has 1 aromatic rings. The Hall–Kier alpha value is -0.620. The van der Waals surface area contributed by atoms with Crippen molar-refractivity contribution in [3.8, 4) is 0 Å². The molecule has 1 aliphatic rings. The molecule has 1 aromatic heterocycles. The number of thiazole rings is 1. The molecule has 2 heterocycles. The van der Waals surface area contributed by atoms with E-state index in [-0.39, 0.29) is 29.9 Å². The lowest BCUT2D eigenvalue weighted by Crippen LogP contribution is -2.42. The number of nitrogens with zero attached hydrogens (tertiary/aromatic N) is 4. The molecule has 0 bridgehead atoms. The number of alkyl halides is 3. The van der Waals surface area contributed by atoms with E-state index in [1.165, 1.54) is 9.78 Å². The zero-order valence-electron chi connectivity index (χ0n) is 16.8. The van der Waals surface area contributed by atoms with Gasteiger partial charge in [0, 0.05) is 50.2 Å². The van der Waals surface area contributed by atoms with Crippen LogP contribution >= 0.6 is 35.3 Å². The van der Waals surface area contributed by atoms with Crippen molar-refractivity contribution in [2.75, 3.05) is 45.8 Å². The molecule has 1 unspecified atom stereocenters. The fraction of sp³-hybridized carbons (Fsp3) is 0.778. The van der Waals surface area contributed by atoms with Gasteiger partial charge in [-0.15, -0.1) is 35.3 Å². The average Bonchev–Trinajstić information content (AvgIpc) is 3.21. The Labute approximate surface area is 186 Å². The van der Waals surface area contributed by atoms with Gasteiger partial charge in [0.05, 0.1) is 11.6 Å². The van der Waals surface area contributed by atoms with Crippen LogP contribution in [0.25, 0.3) is 0 Å². The van der Waals surface area contributed by atoms with Crippen LogP contribution in [0.5, 0.6) is 0 Å². The van der Waals surface area contributed by atoms with Crippen molar-refractivity contribution in [3.05, 3.63) is 16.1 Å². The van der Waals surface area contributed by atoms with Crippen molar-refractivity contribution in [2.24, 2.45) is 10.9 Å². The lowest BCUT2D eigenvalue weighted by molar-refractivity contribution is -0.146. The summed E-state index contributed by atoms with van der Waals surface area (Å²) in [4.78, 5) is 13.9. The minimum absolute atomic E-state index is 0. The van der Waals surface area contributed by atoms with Gasteiger partial charge in [-0.05, 0) is 32.7 Å². The minimum Gasteiger partial charge on any atom is -0.357 e. The summed E-state index contributed by atoms with van der Waals surface area (Å²) in [5, 5.41) is 4.39. The summed E-state index contributed by atoms with van der Waals surface area (Å²) >= 11 is 1.69. The summed E-state index contributed by atoms with van der Waals surface area (Å²) in [5.74, 6) is 1.09. The topological polar surface area (TPSA) is 43.8 Å². The fourth-order valence-corrected chi connectivity index (χ4v) is 4.07. The molecule has 1 saturated heterocycles. The third-order valence-corrected chi connectivity index (χ3v) is 5.52. The summed E-state index contributed by atoms with van der Waals surface area (Å²) in [6.45, 7) is 8.91. The highest BCUT2D eigenvalue weighted by atomic mass is 127. The molecule has 2 rings (SSSR count). The largest absolute Gasteiger partial charge is 0.401 e. The normalized spacial score (nSPS) is 17.9. The first kappa shape index (κ1) is 25.4. The maximum atomic E-state index is 12.7. The van der Waals surface area contributed by atoms with Gasteiger partial charge in [0.15, 0.2) is 5.96 Å². The van der Waals surface area contributed by atoms with E-state index in [2.05, 4.69) is 15.2 Å². The van der Waals surface area contributed by atoms with Crippen molar-refractivity contribution < 1.29 is 13.2 Å². The Balaban J connectivity index is 0.00000392. The molecule has 28 heavy (non-hydrogen) atoms. The Morgan fingerprint density at radius 2 is 2.18 bits per heavy atom. The van der Waals surface area contributed by atoms with Gasteiger partial charge in [0.2, 0.25) is 0 Å². The second-order valence-corrected chi connectivity index (χ2v) is 8.21. The number of halogens is 4. The third kappa shape index (κ3) is 8.81. The highest BCUT2D eigenvalue weighted by molar-refractivity contribution is 14.0. The number of aryl methyl sites for hydroxylation is 1. The molecule has 5 nitrogen and oxygen atoms in total. The molecule has 0 saturated carbocycles. The summed E-state index contributed by atoms with van der Waals surface area (Å²) in [5.41, 5.74) is 0. The quantitative estimate of drug-likeness (QED) is 0.314. The summed E-state index contributed by atoms with van der Waals surface area (Å²) in [7, 11) is 0. The molecule has 162 valence electrons. The van der Waals surface area contributed by atoms with E-state index in [0.717, 1.165) is 43.4 Å². The highest BCUT2D eigenvalue weighted by Crippen LogP contribution is 2.21. The predicted octanol–water partition coefficient (Wildman–Crippen LogP) is 3.78. The van der Waals surface area contributed by atoms with Crippen LogP contribution in [0.15, 0.2) is 11.2 Å². The zero-order valence-corrected chi connectivity index (χ0v) is 19.9. The fourth-order valence-electron chi connectivity index (χ4n) is 3.30. The van der Waals surface area contributed by atoms with Gasteiger partial charge in [-0.2, -0.15) is 13.2 Å². The molecule has 1 fully saturated rings. The standard InChI is InChI=1S/C18H30F3N5S.HI/c1-4-22-17(23-8-6-16-24-10-14(3)27-16)26-9-7-15(12-26)11-25(5-2)13-18(19,20)21;/h10,15H,4-9,11-13H2,1-3H3,(H,22,23);1H. The summed E-state index contributed by atoms with van der Waals surface area (Å²) in [6, 6.07) is 0. The molecule has 1 N–H and O–H groups in total. The molecular formula is C18H31F3IN5S. The van der Waals surface area contributed by atoms with Crippen molar-refractivity contribution >= 4 is 41.3 Å². The molecule has 1 aliphatic heterocycles. The van der Waals surface area contributed by atoms with Gasteiger partial charge in [-0.25, -0.2) is 4.98 Å². The van der Waals surface area contributed by atoms with Crippen molar-refractivity contribution in [1.29, 1.82) is 0 Å². The lowest BCUT2D eigenvalue weighted by atomic mass is 10.1. The maximum Gasteiger partial charge on any atom is 0.401 e. The molecule has 1 atom stereocenters. The van der Waals surface area contributed by atoms with Crippen molar-refractivity contribution in [2.45, 2.75) is 39.8 Å². The van der Waals surface area contributed by atoms with Crippen LogP contribution in [0.4, 0.5) is 13.2 Å². The Bertz CT molecular complexity index is 608.